The Bertz CT molecular complexity index is 904. The second-order valence-electron chi connectivity index (χ2n) is 4.85. The Morgan fingerprint density at radius 3 is 2.33 bits per heavy atom. The summed E-state index contributed by atoms with van der Waals surface area (Å²) in [7, 11) is -4.40. The Labute approximate surface area is 134 Å². The van der Waals surface area contributed by atoms with Gasteiger partial charge in [0.15, 0.2) is 9.84 Å². The predicted molar refractivity (Wildman–Crippen MR) is 75.7 cm³/mol. The van der Waals surface area contributed by atoms with Gasteiger partial charge in [0.2, 0.25) is 17.7 Å². The van der Waals surface area contributed by atoms with Crippen LogP contribution in [0, 0.1) is 0 Å². The number of amides is 1. The van der Waals surface area contributed by atoms with Gasteiger partial charge in [0.05, 0.1) is 21.6 Å². The van der Waals surface area contributed by atoms with Gasteiger partial charge in [-0.1, -0.05) is 6.92 Å². The number of hydrogen-bond donors (Lipinski definition) is 1. The number of aromatic nitrogens is 2. The van der Waals surface area contributed by atoms with Crippen LogP contribution in [-0.2, 0) is 22.4 Å². The summed E-state index contributed by atoms with van der Waals surface area (Å²) in [5.74, 6) is -1.58. The topological polar surface area (TPSA) is 116 Å². The van der Waals surface area contributed by atoms with Crippen LogP contribution >= 0.6 is 0 Å². The summed E-state index contributed by atoms with van der Waals surface area (Å²) >= 11 is 0. The first-order chi connectivity index (χ1) is 11.0. The summed E-state index contributed by atoms with van der Waals surface area (Å²) < 4.78 is 68.9. The molecule has 0 fully saturated rings. The van der Waals surface area contributed by atoms with Crippen molar-refractivity contribution in [2.45, 2.75) is 24.4 Å². The fraction of sp³-hybridized carbons (Fsp3) is 0.308. The summed E-state index contributed by atoms with van der Waals surface area (Å²) in [5, 5.41) is 7.12. The Hall–Kier alpha value is -2.43. The molecule has 0 spiro atoms. The van der Waals surface area contributed by atoms with Crippen molar-refractivity contribution in [1.29, 1.82) is 0 Å². The maximum atomic E-state index is 13.2. The lowest BCUT2D eigenvalue weighted by Gasteiger charge is -2.16. The minimum Gasteiger partial charge on any atom is -0.421 e. The molecule has 0 aliphatic carbocycles. The smallest absolute Gasteiger partial charge is 0.417 e. The van der Waals surface area contributed by atoms with Crippen LogP contribution in [0.25, 0.3) is 11.5 Å². The molecule has 0 atom stereocenters. The number of rotatable bonds is 4. The Kier molecular flexibility index (Phi) is 4.40. The quantitative estimate of drug-likeness (QED) is 0.886. The second kappa shape index (κ2) is 5.89. The normalized spacial score (nSPS) is 12.4. The van der Waals surface area contributed by atoms with Crippen LogP contribution in [0.1, 0.15) is 28.7 Å². The Morgan fingerprint density at radius 2 is 1.92 bits per heavy atom. The van der Waals surface area contributed by atoms with Crippen LogP contribution in [0.15, 0.2) is 21.4 Å². The molecule has 0 unspecified atom stereocenters. The molecule has 1 aromatic heterocycles. The number of carbonyl (C=O) groups is 1. The molecule has 0 aliphatic rings. The molecule has 11 heteroatoms. The summed E-state index contributed by atoms with van der Waals surface area (Å²) in [6.45, 7) is 1.65. The molecule has 24 heavy (non-hydrogen) atoms. The molecule has 2 N–H and O–H groups in total. The third kappa shape index (κ3) is 3.25. The van der Waals surface area contributed by atoms with Crippen molar-refractivity contribution >= 4 is 15.7 Å². The molecular weight excluding hydrogens is 351 g/mol. The van der Waals surface area contributed by atoms with Crippen LogP contribution < -0.4 is 5.73 Å². The van der Waals surface area contributed by atoms with E-state index in [0.717, 1.165) is 6.07 Å². The van der Waals surface area contributed by atoms with Gasteiger partial charge in [-0.15, -0.1) is 10.2 Å². The Morgan fingerprint density at radius 1 is 1.29 bits per heavy atom. The van der Waals surface area contributed by atoms with Crippen molar-refractivity contribution in [1.82, 2.24) is 10.2 Å². The van der Waals surface area contributed by atoms with E-state index in [4.69, 9.17) is 10.2 Å². The lowest BCUT2D eigenvalue weighted by Crippen LogP contribution is -2.19. The molecule has 1 amide bonds. The lowest BCUT2D eigenvalue weighted by molar-refractivity contribution is -0.139. The minimum atomic E-state index is -4.98. The summed E-state index contributed by atoms with van der Waals surface area (Å²) in [5.41, 5.74) is 2.60. The molecule has 0 aliphatic heterocycles. The zero-order valence-electron chi connectivity index (χ0n) is 12.5. The zero-order valence-corrected chi connectivity index (χ0v) is 13.3. The molecule has 0 bridgehead atoms. The maximum absolute atomic E-state index is 13.2. The van der Waals surface area contributed by atoms with Crippen molar-refractivity contribution < 1.29 is 30.8 Å². The summed E-state index contributed by atoms with van der Waals surface area (Å²) in [6, 6.07) is 1.27. The van der Waals surface area contributed by atoms with E-state index >= 15 is 0 Å². The third-order valence-corrected chi connectivity index (χ3v) is 4.25. The molecule has 2 rings (SSSR count). The van der Waals surface area contributed by atoms with E-state index in [1.807, 2.05) is 0 Å². The van der Waals surface area contributed by atoms with Gasteiger partial charge in [0.1, 0.15) is 0 Å². The largest absolute Gasteiger partial charge is 0.421 e. The van der Waals surface area contributed by atoms with Crippen LogP contribution in [0.5, 0.6) is 0 Å². The van der Waals surface area contributed by atoms with Gasteiger partial charge < -0.3 is 10.2 Å². The second-order valence-corrected chi connectivity index (χ2v) is 6.81. The number of carbonyl (C=O) groups excluding carboxylic acids is 1. The van der Waals surface area contributed by atoms with Gasteiger partial charge >= 0.3 is 6.18 Å². The fourth-order valence-electron chi connectivity index (χ4n) is 2.11. The maximum Gasteiger partial charge on any atom is 0.417 e. The molecule has 0 saturated carbocycles. The number of hydrogen-bond acceptors (Lipinski definition) is 6. The number of halogens is 3. The number of nitrogens with zero attached hydrogens (tertiary/aromatic N) is 2. The van der Waals surface area contributed by atoms with Gasteiger partial charge in [0.25, 0.3) is 0 Å². The zero-order chi connectivity index (χ0) is 18.3. The van der Waals surface area contributed by atoms with Gasteiger partial charge in [-0.05, 0) is 12.1 Å². The van der Waals surface area contributed by atoms with Gasteiger partial charge in [-0.2, -0.15) is 13.2 Å². The molecular formula is C13H12F3N3O4S. The van der Waals surface area contributed by atoms with Crippen LogP contribution in [0.3, 0.4) is 0 Å². The van der Waals surface area contributed by atoms with Crippen LogP contribution in [0.2, 0.25) is 0 Å². The van der Waals surface area contributed by atoms with E-state index in [1.54, 1.807) is 6.92 Å². The first-order valence-corrected chi connectivity index (χ1v) is 8.42. The molecule has 0 saturated heterocycles. The SMILES string of the molecule is CCc1nnc(-c2c(C(N)=O)ccc(C(F)(F)F)c2S(C)(=O)=O)o1. The summed E-state index contributed by atoms with van der Waals surface area (Å²) in [6.07, 6.45) is -4.12. The first-order valence-electron chi connectivity index (χ1n) is 6.53. The van der Waals surface area contributed by atoms with E-state index in [2.05, 4.69) is 10.2 Å². The van der Waals surface area contributed by atoms with E-state index in [-0.39, 0.29) is 12.3 Å². The van der Waals surface area contributed by atoms with Crippen molar-refractivity contribution in [2.24, 2.45) is 5.73 Å². The Balaban J connectivity index is 2.99. The van der Waals surface area contributed by atoms with E-state index < -0.39 is 49.4 Å². The molecule has 1 aromatic carbocycles. The molecule has 2 aromatic rings. The molecule has 0 radical (unpaired) electrons. The first kappa shape index (κ1) is 17.9. The highest BCUT2D eigenvalue weighted by Crippen LogP contribution is 2.40. The van der Waals surface area contributed by atoms with E-state index in [1.165, 1.54) is 0 Å². The number of aryl methyl sites for hydroxylation is 1. The third-order valence-electron chi connectivity index (χ3n) is 3.08. The van der Waals surface area contributed by atoms with Gasteiger partial charge in [0, 0.05) is 12.7 Å². The fourth-order valence-corrected chi connectivity index (χ4v) is 3.26. The number of alkyl halides is 3. The highest BCUT2D eigenvalue weighted by Gasteiger charge is 2.40. The number of primary amides is 1. The van der Waals surface area contributed by atoms with Crippen molar-refractivity contribution in [3.8, 4) is 11.5 Å². The monoisotopic (exact) mass is 363 g/mol. The van der Waals surface area contributed by atoms with Crippen LogP contribution in [-0.4, -0.2) is 30.8 Å². The van der Waals surface area contributed by atoms with E-state index in [0.29, 0.717) is 12.3 Å². The molecule has 1 heterocycles. The van der Waals surface area contributed by atoms with Gasteiger partial charge in [-0.3, -0.25) is 4.79 Å². The molecule has 130 valence electrons. The summed E-state index contributed by atoms with van der Waals surface area (Å²) in [4.78, 5) is 10.4. The number of sulfone groups is 1. The van der Waals surface area contributed by atoms with Gasteiger partial charge in [-0.25, -0.2) is 8.42 Å². The van der Waals surface area contributed by atoms with Crippen molar-refractivity contribution in [2.75, 3.05) is 6.26 Å². The average molecular weight is 363 g/mol. The average Bonchev–Trinajstić information content (AvgIpc) is 2.92. The highest BCUT2D eigenvalue weighted by atomic mass is 32.2. The van der Waals surface area contributed by atoms with Crippen molar-refractivity contribution in [3.63, 3.8) is 0 Å². The molecule has 7 nitrogen and oxygen atoms in total. The standard InChI is InChI=1S/C13H12F3N3O4S/c1-3-8-18-19-12(23-8)9-6(11(17)20)4-5-7(13(14,15)16)10(9)24(2,21)22/h4-5H,3H2,1-2H3,(H2,17,20). The lowest BCUT2D eigenvalue weighted by atomic mass is 10.0. The highest BCUT2D eigenvalue weighted by molar-refractivity contribution is 7.91. The predicted octanol–water partition coefficient (Wildman–Crippen LogP) is 1.82. The number of nitrogens with two attached hydrogens (primary N) is 1. The van der Waals surface area contributed by atoms with E-state index in [9.17, 15) is 26.4 Å². The van der Waals surface area contributed by atoms with Crippen LogP contribution in [0.4, 0.5) is 13.2 Å². The van der Waals surface area contributed by atoms with Crippen molar-refractivity contribution in [3.05, 3.63) is 29.2 Å². The number of benzene rings is 1. The minimum absolute atomic E-state index is 0.0669.